The van der Waals surface area contributed by atoms with E-state index in [1.54, 1.807) is 6.07 Å². The van der Waals surface area contributed by atoms with Crippen LogP contribution >= 0.6 is 0 Å². The van der Waals surface area contributed by atoms with Crippen molar-refractivity contribution in [3.8, 4) is 5.75 Å². The van der Waals surface area contributed by atoms with Gasteiger partial charge < -0.3 is 4.74 Å². The maximum absolute atomic E-state index is 11.7. The SMILES string of the molecule is Cc1cccc(OCC(=O)NNc2ccc([N+](=O)[O-])cn2)c1C. The van der Waals surface area contributed by atoms with Gasteiger partial charge in [0.2, 0.25) is 0 Å². The van der Waals surface area contributed by atoms with Crippen LogP contribution in [0.1, 0.15) is 11.1 Å². The number of anilines is 1. The van der Waals surface area contributed by atoms with Crippen LogP contribution in [0.5, 0.6) is 5.75 Å². The second-order valence-corrected chi connectivity index (χ2v) is 4.82. The van der Waals surface area contributed by atoms with Gasteiger partial charge in [0, 0.05) is 6.07 Å². The van der Waals surface area contributed by atoms with Crippen molar-refractivity contribution in [1.29, 1.82) is 0 Å². The Kier molecular flexibility index (Phi) is 5.08. The molecule has 8 nitrogen and oxygen atoms in total. The van der Waals surface area contributed by atoms with Crippen molar-refractivity contribution in [3.63, 3.8) is 0 Å². The van der Waals surface area contributed by atoms with E-state index < -0.39 is 10.8 Å². The Bertz CT molecular complexity index is 716. The summed E-state index contributed by atoms with van der Waals surface area (Å²) in [5, 5.41) is 10.5. The molecule has 0 saturated heterocycles. The topological polar surface area (TPSA) is 106 Å². The van der Waals surface area contributed by atoms with Gasteiger partial charge in [-0.05, 0) is 37.1 Å². The molecule has 0 unspecified atom stereocenters. The first-order valence-corrected chi connectivity index (χ1v) is 6.81. The third-order valence-electron chi connectivity index (χ3n) is 3.20. The Morgan fingerprint density at radius 3 is 2.74 bits per heavy atom. The zero-order valence-corrected chi connectivity index (χ0v) is 12.7. The molecule has 2 N–H and O–H groups in total. The normalized spacial score (nSPS) is 10.0. The summed E-state index contributed by atoms with van der Waals surface area (Å²) < 4.78 is 5.46. The summed E-state index contributed by atoms with van der Waals surface area (Å²) in [4.78, 5) is 25.5. The lowest BCUT2D eigenvalue weighted by Crippen LogP contribution is -2.34. The lowest BCUT2D eigenvalue weighted by atomic mass is 10.1. The maximum atomic E-state index is 11.7. The molecule has 0 radical (unpaired) electrons. The summed E-state index contributed by atoms with van der Waals surface area (Å²) >= 11 is 0. The predicted molar refractivity (Wildman–Crippen MR) is 84.1 cm³/mol. The zero-order chi connectivity index (χ0) is 16.8. The van der Waals surface area contributed by atoms with E-state index in [-0.39, 0.29) is 18.1 Å². The number of carbonyl (C=O) groups excluding carboxylic acids is 1. The van der Waals surface area contributed by atoms with E-state index in [0.29, 0.717) is 5.75 Å². The molecule has 8 heteroatoms. The number of aromatic nitrogens is 1. The number of carbonyl (C=O) groups is 1. The van der Waals surface area contributed by atoms with Crippen LogP contribution in [0.4, 0.5) is 11.5 Å². The van der Waals surface area contributed by atoms with Crippen molar-refractivity contribution in [2.75, 3.05) is 12.0 Å². The third-order valence-corrected chi connectivity index (χ3v) is 3.20. The van der Waals surface area contributed by atoms with Gasteiger partial charge in [0.25, 0.3) is 11.6 Å². The fourth-order valence-electron chi connectivity index (χ4n) is 1.76. The Morgan fingerprint density at radius 2 is 2.09 bits per heavy atom. The van der Waals surface area contributed by atoms with Gasteiger partial charge in [-0.2, -0.15) is 0 Å². The fourth-order valence-corrected chi connectivity index (χ4v) is 1.76. The van der Waals surface area contributed by atoms with Gasteiger partial charge in [0.05, 0.1) is 4.92 Å². The Balaban J connectivity index is 1.83. The monoisotopic (exact) mass is 316 g/mol. The van der Waals surface area contributed by atoms with Crippen LogP contribution in [0, 0.1) is 24.0 Å². The predicted octanol–water partition coefficient (Wildman–Crippen LogP) is 2.13. The molecule has 0 saturated carbocycles. The van der Waals surface area contributed by atoms with Crippen LogP contribution in [-0.4, -0.2) is 22.4 Å². The number of nitrogens with one attached hydrogen (secondary N) is 2. The van der Waals surface area contributed by atoms with E-state index in [1.165, 1.54) is 12.1 Å². The first kappa shape index (κ1) is 16.2. The first-order chi connectivity index (χ1) is 11.0. The van der Waals surface area contributed by atoms with Gasteiger partial charge in [-0.25, -0.2) is 4.98 Å². The van der Waals surface area contributed by atoms with Crippen molar-refractivity contribution in [1.82, 2.24) is 10.4 Å². The van der Waals surface area contributed by atoms with E-state index in [0.717, 1.165) is 17.3 Å². The van der Waals surface area contributed by atoms with Gasteiger partial charge in [-0.15, -0.1) is 0 Å². The van der Waals surface area contributed by atoms with Crippen LogP contribution in [0.3, 0.4) is 0 Å². The minimum absolute atomic E-state index is 0.125. The zero-order valence-electron chi connectivity index (χ0n) is 12.7. The van der Waals surface area contributed by atoms with Crippen molar-refractivity contribution in [2.45, 2.75) is 13.8 Å². The smallest absolute Gasteiger partial charge is 0.287 e. The number of rotatable bonds is 6. The second-order valence-electron chi connectivity index (χ2n) is 4.82. The fraction of sp³-hybridized carbons (Fsp3) is 0.200. The van der Waals surface area contributed by atoms with Gasteiger partial charge in [-0.3, -0.25) is 25.8 Å². The standard InChI is InChI=1S/C15H16N4O4/c1-10-4-3-5-13(11(10)2)23-9-15(20)18-17-14-7-6-12(8-16-14)19(21)22/h3-8H,9H2,1-2H3,(H,16,17)(H,18,20). The number of nitro groups is 1. The number of amides is 1. The summed E-state index contributed by atoms with van der Waals surface area (Å²) in [6.07, 6.45) is 1.10. The molecule has 0 spiro atoms. The molecule has 0 aliphatic rings. The number of aryl methyl sites for hydroxylation is 1. The highest BCUT2D eigenvalue weighted by Gasteiger charge is 2.08. The molecule has 0 atom stereocenters. The molecule has 0 aliphatic heterocycles. The van der Waals surface area contributed by atoms with Gasteiger partial charge in [0.1, 0.15) is 17.8 Å². The quantitative estimate of drug-likeness (QED) is 0.624. The minimum atomic E-state index is -0.548. The number of hydrogen-bond donors (Lipinski definition) is 2. The van der Waals surface area contributed by atoms with Crippen LogP contribution in [0.15, 0.2) is 36.5 Å². The van der Waals surface area contributed by atoms with Crippen LogP contribution in [0.25, 0.3) is 0 Å². The molecule has 0 aliphatic carbocycles. The average Bonchev–Trinajstić information content (AvgIpc) is 2.54. The molecule has 1 heterocycles. The molecule has 1 aromatic heterocycles. The van der Waals surface area contributed by atoms with Crippen molar-refractivity contribution < 1.29 is 14.5 Å². The van der Waals surface area contributed by atoms with E-state index >= 15 is 0 Å². The number of hydrogen-bond acceptors (Lipinski definition) is 6. The minimum Gasteiger partial charge on any atom is -0.483 e. The summed E-state index contributed by atoms with van der Waals surface area (Å²) in [5.74, 6) is 0.537. The lowest BCUT2D eigenvalue weighted by molar-refractivity contribution is -0.385. The molecule has 2 aromatic rings. The second kappa shape index (κ2) is 7.21. The number of nitrogens with zero attached hydrogens (tertiary/aromatic N) is 2. The lowest BCUT2D eigenvalue weighted by Gasteiger charge is -2.11. The van der Waals surface area contributed by atoms with E-state index in [1.807, 2.05) is 26.0 Å². The van der Waals surface area contributed by atoms with E-state index in [2.05, 4.69) is 15.8 Å². The third kappa shape index (κ3) is 4.40. The highest BCUT2D eigenvalue weighted by Crippen LogP contribution is 2.20. The largest absolute Gasteiger partial charge is 0.483 e. The first-order valence-electron chi connectivity index (χ1n) is 6.81. The molecular formula is C15H16N4O4. The number of pyridine rings is 1. The van der Waals surface area contributed by atoms with E-state index in [4.69, 9.17) is 4.74 Å². The summed E-state index contributed by atoms with van der Waals surface area (Å²) in [7, 11) is 0. The molecule has 1 aromatic carbocycles. The molecular weight excluding hydrogens is 300 g/mol. The highest BCUT2D eigenvalue weighted by molar-refractivity contribution is 5.78. The maximum Gasteiger partial charge on any atom is 0.287 e. The van der Waals surface area contributed by atoms with Crippen LogP contribution in [-0.2, 0) is 4.79 Å². The molecule has 23 heavy (non-hydrogen) atoms. The number of hydrazine groups is 1. The Hall–Kier alpha value is -3.16. The van der Waals surface area contributed by atoms with Gasteiger partial charge in [0.15, 0.2) is 6.61 Å². The Morgan fingerprint density at radius 1 is 1.30 bits per heavy atom. The average molecular weight is 316 g/mol. The molecule has 120 valence electrons. The summed E-state index contributed by atoms with van der Waals surface area (Å²) in [6, 6.07) is 8.29. The molecule has 1 amide bonds. The van der Waals surface area contributed by atoms with Gasteiger partial charge in [-0.1, -0.05) is 12.1 Å². The Labute approximate surface area is 132 Å². The van der Waals surface area contributed by atoms with Crippen molar-refractivity contribution in [3.05, 3.63) is 57.8 Å². The molecule has 2 rings (SSSR count). The van der Waals surface area contributed by atoms with Crippen molar-refractivity contribution in [2.24, 2.45) is 0 Å². The highest BCUT2D eigenvalue weighted by atomic mass is 16.6. The number of ether oxygens (including phenoxy) is 1. The summed E-state index contributed by atoms with van der Waals surface area (Å²) in [6.45, 7) is 3.72. The van der Waals surface area contributed by atoms with Crippen LogP contribution in [0.2, 0.25) is 0 Å². The summed E-state index contributed by atoms with van der Waals surface area (Å²) in [5.41, 5.74) is 6.90. The van der Waals surface area contributed by atoms with Gasteiger partial charge >= 0.3 is 0 Å². The molecule has 0 fully saturated rings. The number of benzene rings is 1. The molecule has 0 bridgehead atoms. The van der Waals surface area contributed by atoms with Crippen molar-refractivity contribution >= 4 is 17.4 Å². The van der Waals surface area contributed by atoms with Crippen LogP contribution < -0.4 is 15.6 Å². The van der Waals surface area contributed by atoms with E-state index in [9.17, 15) is 14.9 Å².